The van der Waals surface area contributed by atoms with Gasteiger partial charge >= 0.3 is 0 Å². The van der Waals surface area contributed by atoms with E-state index in [1.54, 1.807) is 0 Å². The van der Waals surface area contributed by atoms with Gasteiger partial charge in [0.15, 0.2) is 0 Å². The summed E-state index contributed by atoms with van der Waals surface area (Å²) in [4.78, 5) is 7.97. The lowest BCUT2D eigenvalue weighted by atomic mass is 9.35. The van der Waals surface area contributed by atoms with E-state index in [0.717, 1.165) is 16.9 Å². The summed E-state index contributed by atoms with van der Waals surface area (Å²) in [6.45, 7) is 0.140. The van der Waals surface area contributed by atoms with Gasteiger partial charge in [-0.15, -0.1) is 0 Å². The molecule has 0 saturated heterocycles. The summed E-state index contributed by atoms with van der Waals surface area (Å²) in [5.74, 6) is 0.995. The number of fused-ring (bicyclic) bond motifs is 4. The lowest BCUT2D eigenvalue weighted by Crippen LogP contribution is -2.58. The van der Waals surface area contributed by atoms with Crippen LogP contribution < -0.4 is 16.4 Å². The first-order chi connectivity index (χ1) is 20.3. The van der Waals surface area contributed by atoms with Crippen molar-refractivity contribution in [1.29, 1.82) is 0 Å². The van der Waals surface area contributed by atoms with Crippen molar-refractivity contribution >= 4 is 45.9 Å². The smallest absolute Gasteiger partial charge is 0.249 e. The molecule has 41 heavy (non-hydrogen) atoms. The molecule has 2 nitrogen and oxygen atoms in total. The molecular formula is C37H23BN2S. The first kappa shape index (κ1) is 23.0. The van der Waals surface area contributed by atoms with Crippen LogP contribution in [-0.4, -0.2) is 16.3 Å². The minimum atomic E-state index is 0.140. The fourth-order valence-corrected chi connectivity index (χ4v) is 7.85. The molecule has 2 aliphatic heterocycles. The molecule has 0 amide bonds. The molecule has 190 valence electrons. The second-order valence-electron chi connectivity index (χ2n) is 10.8. The summed E-state index contributed by atoms with van der Waals surface area (Å²) < 4.78 is 2.41. The van der Waals surface area contributed by atoms with Gasteiger partial charge in [0.2, 0.25) is 6.71 Å². The highest BCUT2D eigenvalue weighted by atomic mass is 32.2. The second-order valence-corrected chi connectivity index (χ2v) is 11.9. The largest absolute Gasteiger partial charge is 0.293 e. The predicted octanol–water partition coefficient (Wildman–Crippen LogP) is 7.32. The molecule has 0 fully saturated rings. The number of hydrogen-bond acceptors (Lipinski definition) is 2. The zero-order valence-corrected chi connectivity index (χ0v) is 23.0. The van der Waals surface area contributed by atoms with Crippen LogP contribution in [0.15, 0.2) is 149 Å². The molecule has 6 aromatic carbocycles. The van der Waals surface area contributed by atoms with Crippen molar-refractivity contribution in [3.63, 3.8) is 0 Å². The van der Waals surface area contributed by atoms with E-state index < -0.39 is 0 Å². The zero-order valence-electron chi connectivity index (χ0n) is 22.2. The van der Waals surface area contributed by atoms with E-state index in [2.05, 4.69) is 144 Å². The monoisotopic (exact) mass is 538 g/mol. The maximum absolute atomic E-state index is 5.32. The maximum Gasteiger partial charge on any atom is 0.249 e. The van der Waals surface area contributed by atoms with Gasteiger partial charge in [-0.05, 0) is 57.4 Å². The van der Waals surface area contributed by atoms with Gasteiger partial charge in [-0.25, -0.2) is 4.98 Å². The fraction of sp³-hybridized carbons (Fsp3) is 0. The number of nitrogens with zero attached hydrogens (tertiary/aromatic N) is 2. The first-order valence-corrected chi connectivity index (χ1v) is 14.8. The number of aromatic nitrogens is 2. The third-order valence-corrected chi connectivity index (χ3v) is 9.60. The molecule has 2 aliphatic rings. The van der Waals surface area contributed by atoms with Crippen molar-refractivity contribution in [2.45, 2.75) is 9.79 Å². The molecule has 1 aromatic heterocycles. The predicted molar refractivity (Wildman–Crippen MR) is 173 cm³/mol. The Kier molecular flexibility index (Phi) is 4.96. The fourth-order valence-electron chi connectivity index (χ4n) is 6.65. The summed E-state index contributed by atoms with van der Waals surface area (Å²) in [6.07, 6.45) is 0. The molecule has 0 atom stereocenters. The average molecular weight is 538 g/mol. The molecule has 0 N–H and O–H groups in total. The van der Waals surface area contributed by atoms with E-state index in [1.165, 1.54) is 59.6 Å². The zero-order chi connectivity index (χ0) is 26.9. The lowest BCUT2D eigenvalue weighted by molar-refractivity contribution is 1.10. The van der Waals surface area contributed by atoms with Gasteiger partial charge in [0, 0.05) is 21.0 Å². The lowest BCUT2D eigenvalue weighted by Gasteiger charge is -2.33. The molecule has 0 spiro atoms. The third-order valence-electron chi connectivity index (χ3n) is 8.46. The second kappa shape index (κ2) is 8.85. The van der Waals surface area contributed by atoms with Gasteiger partial charge in [0.05, 0.1) is 11.0 Å². The van der Waals surface area contributed by atoms with Crippen molar-refractivity contribution in [3.8, 4) is 39.3 Å². The van der Waals surface area contributed by atoms with E-state index in [9.17, 15) is 0 Å². The molecule has 4 heteroatoms. The van der Waals surface area contributed by atoms with Crippen molar-refractivity contribution in [1.82, 2.24) is 9.55 Å². The van der Waals surface area contributed by atoms with Crippen molar-refractivity contribution in [2.75, 3.05) is 0 Å². The molecule has 0 aliphatic carbocycles. The van der Waals surface area contributed by atoms with Gasteiger partial charge in [-0.2, -0.15) is 0 Å². The molecule has 7 aromatic rings. The van der Waals surface area contributed by atoms with Crippen LogP contribution in [0.3, 0.4) is 0 Å². The highest BCUT2D eigenvalue weighted by Gasteiger charge is 2.40. The quantitative estimate of drug-likeness (QED) is 0.220. The normalized spacial score (nSPS) is 12.7. The number of benzene rings is 6. The molecule has 3 heterocycles. The Morgan fingerprint density at radius 3 is 1.93 bits per heavy atom. The van der Waals surface area contributed by atoms with Crippen LogP contribution >= 0.6 is 11.8 Å². The summed E-state index contributed by atoms with van der Waals surface area (Å²) in [6, 6.07) is 50.5. The molecule has 0 bridgehead atoms. The Morgan fingerprint density at radius 2 is 1.20 bits per heavy atom. The van der Waals surface area contributed by atoms with Gasteiger partial charge in [-0.1, -0.05) is 132 Å². The van der Waals surface area contributed by atoms with Gasteiger partial charge in [0.1, 0.15) is 5.82 Å². The SMILES string of the molecule is c1ccc(-c2ccc3c(c2)Sc2cccc4c2B3c2cc(-c3ccccc3)cc3nc(-c5ccccc5)n-4c23)cc1. The number of imidazole rings is 1. The Morgan fingerprint density at radius 1 is 0.512 bits per heavy atom. The Balaban J connectivity index is 1.36. The summed E-state index contributed by atoms with van der Waals surface area (Å²) in [5.41, 5.74) is 13.6. The Hall–Kier alpha value is -4.80. The van der Waals surface area contributed by atoms with Gasteiger partial charge < -0.3 is 0 Å². The van der Waals surface area contributed by atoms with Crippen molar-refractivity contribution in [3.05, 3.63) is 140 Å². The van der Waals surface area contributed by atoms with Crippen molar-refractivity contribution < 1.29 is 0 Å². The molecule has 0 saturated carbocycles. The van der Waals surface area contributed by atoms with Crippen LogP contribution in [0.4, 0.5) is 0 Å². The number of hydrogen-bond donors (Lipinski definition) is 0. The molecular weight excluding hydrogens is 515 g/mol. The maximum atomic E-state index is 5.32. The summed E-state index contributed by atoms with van der Waals surface area (Å²) in [5, 5.41) is 0. The van der Waals surface area contributed by atoms with Crippen LogP contribution in [0.2, 0.25) is 0 Å². The van der Waals surface area contributed by atoms with Crippen LogP contribution in [0, 0.1) is 0 Å². The Bertz CT molecular complexity index is 2120. The van der Waals surface area contributed by atoms with Crippen LogP contribution in [0.5, 0.6) is 0 Å². The molecule has 9 rings (SSSR count). The minimum Gasteiger partial charge on any atom is -0.293 e. The average Bonchev–Trinajstić information content (AvgIpc) is 3.44. The van der Waals surface area contributed by atoms with Crippen LogP contribution in [0.1, 0.15) is 0 Å². The van der Waals surface area contributed by atoms with E-state index in [0.29, 0.717) is 0 Å². The summed E-state index contributed by atoms with van der Waals surface area (Å²) >= 11 is 1.89. The van der Waals surface area contributed by atoms with Crippen LogP contribution in [-0.2, 0) is 0 Å². The highest BCUT2D eigenvalue weighted by Crippen LogP contribution is 2.39. The minimum absolute atomic E-state index is 0.140. The standard InChI is InChI=1S/C37H23BN2S/c1-4-11-24(12-5-1)27-19-20-29-34(23-27)41-33-18-10-17-32-35(33)38(29)30-21-28(25-13-6-2-7-14-25)22-31-36(30)40(32)37(39-31)26-15-8-3-9-16-26/h1-23H. The van der Waals surface area contributed by atoms with Crippen LogP contribution in [0.25, 0.3) is 50.4 Å². The van der Waals surface area contributed by atoms with E-state index in [-0.39, 0.29) is 6.71 Å². The van der Waals surface area contributed by atoms with E-state index in [4.69, 9.17) is 4.98 Å². The topological polar surface area (TPSA) is 17.8 Å². The molecule has 0 radical (unpaired) electrons. The molecule has 0 unspecified atom stereocenters. The van der Waals surface area contributed by atoms with E-state index >= 15 is 0 Å². The van der Waals surface area contributed by atoms with Crippen molar-refractivity contribution in [2.24, 2.45) is 0 Å². The van der Waals surface area contributed by atoms with Gasteiger partial charge in [-0.3, -0.25) is 4.57 Å². The third kappa shape index (κ3) is 3.44. The van der Waals surface area contributed by atoms with E-state index in [1.807, 2.05) is 11.8 Å². The summed E-state index contributed by atoms with van der Waals surface area (Å²) in [7, 11) is 0. The Labute approximate surface area is 243 Å². The number of rotatable bonds is 3. The highest BCUT2D eigenvalue weighted by molar-refractivity contribution is 8.00. The first-order valence-electron chi connectivity index (χ1n) is 14.0. The van der Waals surface area contributed by atoms with Gasteiger partial charge in [0.25, 0.3) is 0 Å².